The molecule has 131 heavy (non-hydrogen) atoms. The fourth-order valence-electron chi connectivity index (χ4n) is 12.5. The molecule has 0 aliphatic carbocycles. The van der Waals surface area contributed by atoms with Crippen LogP contribution in [0.3, 0.4) is 0 Å². The van der Waals surface area contributed by atoms with Gasteiger partial charge in [-0.1, -0.05) is 562 Å². The number of para-hydroxylation sites is 6. The molecule has 21 rings (SSSR count). The first-order chi connectivity index (χ1) is 64.0. The molecule has 21 aromatic rings. The van der Waals surface area contributed by atoms with Crippen molar-refractivity contribution in [2.45, 2.75) is 48.5 Å². The Kier molecular flexibility index (Phi) is 55.6. The van der Waals surface area contributed by atoms with E-state index in [1.54, 1.807) is 48.5 Å². The van der Waals surface area contributed by atoms with E-state index < -0.39 is 14.2 Å². The normalized spacial score (nSPS) is 9.30. The third-order valence-corrected chi connectivity index (χ3v) is 19.2. The molecule has 3 heterocycles. The Morgan fingerprint density at radius 1 is 0.145 bits per heavy atom. The molecular weight excluding hydrogens is 1730 g/mol. The van der Waals surface area contributed by atoms with Gasteiger partial charge in [0.05, 0.1) is 0 Å². The van der Waals surface area contributed by atoms with Crippen LogP contribution in [0.15, 0.2) is 528 Å². The summed E-state index contributed by atoms with van der Waals surface area (Å²) in [5.41, 5.74) is 18.1. The molecule has 4 N–H and O–H groups in total. The van der Waals surface area contributed by atoms with Crippen molar-refractivity contribution in [3.63, 3.8) is 0 Å². The first kappa shape index (κ1) is 108. The van der Waals surface area contributed by atoms with E-state index in [9.17, 15) is 0 Å². The summed E-state index contributed by atoms with van der Waals surface area (Å²) in [6.07, 6.45) is 0. The van der Waals surface area contributed by atoms with E-state index in [1.807, 2.05) is 260 Å². The van der Waals surface area contributed by atoms with Crippen LogP contribution in [0.25, 0.3) is 65.4 Å². The highest BCUT2D eigenvalue weighted by atomic mass is 79.9. The zero-order chi connectivity index (χ0) is 94.5. The molecule has 0 saturated carbocycles. The van der Waals surface area contributed by atoms with Crippen LogP contribution in [0.2, 0.25) is 0 Å². The van der Waals surface area contributed by atoms with Crippen LogP contribution in [0, 0.1) is 48.5 Å². The van der Waals surface area contributed by atoms with Gasteiger partial charge >= 0.3 is 14.2 Å². The molecule has 0 atom stereocenters. The predicted molar refractivity (Wildman–Crippen MR) is 581 cm³/mol. The molecular formula is C120H127B2Br2N3O4. The first-order valence-corrected chi connectivity index (χ1v) is 46.6. The Morgan fingerprint density at radius 3 is 0.328 bits per heavy atom. The van der Waals surface area contributed by atoms with Gasteiger partial charge in [0, 0.05) is 86.6 Å². The van der Waals surface area contributed by atoms with Gasteiger partial charge in [0.25, 0.3) is 0 Å². The van der Waals surface area contributed by atoms with Gasteiger partial charge in [-0.25, -0.2) is 0 Å². The van der Waals surface area contributed by atoms with Crippen molar-refractivity contribution in [1.82, 2.24) is 13.7 Å². The molecule has 0 unspecified atom stereocenters. The second-order valence-corrected chi connectivity index (χ2v) is 29.4. The topological polar surface area (TPSA) is 95.7 Å². The third-order valence-electron chi connectivity index (χ3n) is 19.2. The van der Waals surface area contributed by atoms with Crippen molar-refractivity contribution in [3.05, 3.63) is 567 Å². The number of nitrogens with zero attached hydrogens (tertiary/aromatic N) is 3. The van der Waals surface area contributed by atoms with Crippen molar-refractivity contribution < 1.29 is 20.1 Å². The summed E-state index contributed by atoms with van der Waals surface area (Å²) in [7, 11) is 3.66. The Labute approximate surface area is 798 Å². The van der Waals surface area contributed by atoms with Crippen molar-refractivity contribution in [2.75, 3.05) is 11.7 Å². The molecule has 0 bridgehead atoms. The second kappa shape index (κ2) is 67.5. The lowest BCUT2D eigenvalue weighted by Gasteiger charge is -1.95. The van der Waals surface area contributed by atoms with Gasteiger partial charge in [-0.15, -0.1) is 0 Å². The van der Waals surface area contributed by atoms with Crippen molar-refractivity contribution in [2.24, 2.45) is 21.1 Å². The minimum Gasteiger partial charge on any atom is -0.423 e. The number of rotatable bonds is 2. The number of fused-ring (bicyclic) bond motifs is 9. The smallest absolute Gasteiger partial charge is 0.423 e. The molecule has 0 amide bonds. The highest BCUT2D eigenvalue weighted by Crippen LogP contribution is 2.30. The summed E-state index contributed by atoms with van der Waals surface area (Å²) in [5, 5.41) is 42.3. The third kappa shape index (κ3) is 43.8. The van der Waals surface area contributed by atoms with Gasteiger partial charge in [-0.05, 0) is 107 Å². The Balaban J connectivity index is 0.000000250. The first-order valence-electron chi connectivity index (χ1n) is 43.5. The molecule has 0 aliphatic rings. The molecule has 11 heteroatoms. The van der Waals surface area contributed by atoms with Gasteiger partial charge in [-0.2, -0.15) is 0 Å². The summed E-state index contributed by atoms with van der Waals surface area (Å²) >= 11 is 5.88. The van der Waals surface area contributed by atoms with Crippen LogP contribution < -0.4 is 10.9 Å². The summed E-state index contributed by atoms with van der Waals surface area (Å²) in [6, 6.07) is 176. The Bertz CT molecular complexity index is 5300. The number of benzene rings is 18. The number of aromatic nitrogens is 3. The molecule has 7 nitrogen and oxygen atoms in total. The van der Waals surface area contributed by atoms with Gasteiger partial charge in [-0.3, -0.25) is 0 Å². The van der Waals surface area contributed by atoms with Crippen molar-refractivity contribution in [1.29, 1.82) is 0 Å². The van der Waals surface area contributed by atoms with Crippen LogP contribution in [0.4, 0.5) is 0 Å². The van der Waals surface area contributed by atoms with Crippen molar-refractivity contribution >= 4 is 122 Å². The molecule has 0 fully saturated rings. The van der Waals surface area contributed by atoms with Crippen LogP contribution in [-0.4, -0.2) is 59.7 Å². The minimum absolute atomic E-state index is 0.525. The molecule has 3 aromatic heterocycles. The number of aryl methyl sites for hydroxylation is 10. The lowest BCUT2D eigenvalue weighted by Crippen LogP contribution is -2.29. The van der Waals surface area contributed by atoms with E-state index in [-0.39, 0.29) is 0 Å². The zero-order valence-electron chi connectivity index (χ0n) is 77.8. The molecule has 0 saturated heterocycles. The minimum atomic E-state index is -1.34. The average Bonchev–Trinajstić information content (AvgIpc) is 1.64. The molecule has 0 aliphatic heterocycles. The van der Waals surface area contributed by atoms with Gasteiger partial charge in [0.1, 0.15) is 0 Å². The Morgan fingerprint density at radius 2 is 0.237 bits per heavy atom. The standard InChI is InChI=1S/3C13H11N.7C7H8.2C6H7BO2.3C6H6.2CH3Br/c3*1-14-12-8-4-2-6-10(12)11-7-3-5-9-13(11)14;7*1-7-5-3-2-4-6-7;2*8-7(9)6-4-2-1-3-5-6;3*1-2-4-6-5-3-1;2*1-2/h3*2-9H,1H3;7*2-6H,1H3;2*1-5,8-9H;3*1-6H;2*1H3. The maximum absolute atomic E-state index is 8.58. The van der Waals surface area contributed by atoms with E-state index in [4.69, 9.17) is 20.1 Å². The lowest BCUT2D eigenvalue weighted by atomic mass is 9.81. The number of hydrogen-bond acceptors (Lipinski definition) is 4. The Hall–Kier alpha value is -13.7. The molecule has 0 radical (unpaired) electrons. The highest BCUT2D eigenvalue weighted by Gasteiger charge is 2.10. The van der Waals surface area contributed by atoms with Crippen LogP contribution >= 0.6 is 31.9 Å². The van der Waals surface area contributed by atoms with E-state index in [0.29, 0.717) is 10.9 Å². The maximum atomic E-state index is 8.58. The van der Waals surface area contributed by atoms with Crippen LogP contribution in [0.5, 0.6) is 0 Å². The zero-order valence-corrected chi connectivity index (χ0v) is 80.9. The van der Waals surface area contributed by atoms with Crippen molar-refractivity contribution in [3.8, 4) is 0 Å². The molecule has 0 spiro atoms. The van der Waals surface area contributed by atoms with E-state index in [2.05, 4.69) is 346 Å². The summed E-state index contributed by atoms with van der Waals surface area (Å²) in [6.45, 7) is 14.6. The number of halogens is 2. The largest absolute Gasteiger partial charge is 0.488 e. The average molecular weight is 1860 g/mol. The van der Waals surface area contributed by atoms with Gasteiger partial charge < -0.3 is 33.8 Å². The monoisotopic (exact) mass is 1850 g/mol. The summed E-state index contributed by atoms with van der Waals surface area (Å²) < 4.78 is 6.72. The van der Waals surface area contributed by atoms with Crippen LogP contribution in [-0.2, 0) is 21.1 Å². The van der Waals surface area contributed by atoms with E-state index in [1.165, 1.54) is 104 Å². The van der Waals surface area contributed by atoms with Crippen LogP contribution in [0.1, 0.15) is 38.9 Å². The SMILES string of the molecule is CBr.CBr.Cc1ccccc1.Cc1ccccc1.Cc1ccccc1.Cc1ccccc1.Cc1ccccc1.Cc1ccccc1.Cc1ccccc1.Cn1c2ccccc2c2ccccc21.Cn1c2ccccc2c2ccccc21.Cn1c2ccccc2c2ccccc21.OB(O)c1ccccc1.OB(O)c1ccccc1.c1ccccc1.c1ccccc1.c1ccccc1. The highest BCUT2D eigenvalue weighted by molar-refractivity contribution is 9.09. The van der Waals surface area contributed by atoms with Gasteiger partial charge in [0.15, 0.2) is 0 Å². The number of hydrogen-bond donors (Lipinski definition) is 4. The predicted octanol–water partition coefficient (Wildman–Crippen LogP) is 29.8. The van der Waals surface area contributed by atoms with E-state index in [0.717, 1.165) is 0 Å². The second-order valence-electron chi connectivity index (χ2n) is 29.4. The molecule has 666 valence electrons. The molecule has 18 aromatic carbocycles. The maximum Gasteiger partial charge on any atom is 0.488 e. The number of alkyl halides is 2. The fourth-order valence-corrected chi connectivity index (χ4v) is 12.5. The fraction of sp³-hybridized carbons (Fsp3) is 0.100. The summed E-state index contributed by atoms with van der Waals surface area (Å²) in [4.78, 5) is 0. The quantitative estimate of drug-likeness (QED) is 0.102. The van der Waals surface area contributed by atoms with Gasteiger partial charge in [0.2, 0.25) is 0 Å². The van der Waals surface area contributed by atoms with E-state index >= 15 is 0 Å². The lowest BCUT2D eigenvalue weighted by molar-refractivity contribution is 0.424. The summed E-state index contributed by atoms with van der Waals surface area (Å²) in [5.74, 6) is 3.62.